The maximum absolute atomic E-state index is 13.5. The summed E-state index contributed by atoms with van der Waals surface area (Å²) in [6.07, 6.45) is 1.52. The quantitative estimate of drug-likeness (QED) is 0.604. The molecule has 1 aliphatic rings. The van der Waals surface area contributed by atoms with Gasteiger partial charge in [0.2, 0.25) is 0 Å². The smallest absolute Gasteiger partial charge is 0.262 e. The molecular formula is C22H24F2N4O2S. The molecule has 0 bridgehead atoms. The minimum absolute atomic E-state index is 0.0505. The number of halogens is 2. The molecule has 1 fully saturated rings. The van der Waals surface area contributed by atoms with Crippen molar-refractivity contribution in [1.82, 2.24) is 18.8 Å². The van der Waals surface area contributed by atoms with Gasteiger partial charge in [-0.3, -0.25) is 4.90 Å². The zero-order chi connectivity index (χ0) is 22.2. The van der Waals surface area contributed by atoms with Gasteiger partial charge in [0.25, 0.3) is 10.0 Å². The molecule has 2 heterocycles. The van der Waals surface area contributed by atoms with Crippen molar-refractivity contribution >= 4 is 10.0 Å². The molecule has 1 aromatic heterocycles. The van der Waals surface area contributed by atoms with Gasteiger partial charge in [-0.2, -0.15) is 4.31 Å². The lowest BCUT2D eigenvalue weighted by molar-refractivity contribution is 0.155. The number of hydrogen-bond donors (Lipinski definition) is 0. The number of aryl methyl sites for hydroxylation is 2. The van der Waals surface area contributed by atoms with Gasteiger partial charge in [-0.15, -0.1) is 0 Å². The summed E-state index contributed by atoms with van der Waals surface area (Å²) in [5.41, 5.74) is 1.73. The van der Waals surface area contributed by atoms with Crippen LogP contribution in [0.1, 0.15) is 23.0 Å². The Morgan fingerprint density at radius 1 is 0.871 bits per heavy atom. The van der Waals surface area contributed by atoms with Gasteiger partial charge in [-0.25, -0.2) is 22.2 Å². The first-order valence-electron chi connectivity index (χ1n) is 10.0. The number of benzene rings is 2. The summed E-state index contributed by atoms with van der Waals surface area (Å²) in [4.78, 5) is 6.31. The lowest BCUT2D eigenvalue weighted by Crippen LogP contribution is -2.49. The highest BCUT2D eigenvalue weighted by molar-refractivity contribution is 7.89. The summed E-state index contributed by atoms with van der Waals surface area (Å²) in [5, 5.41) is 0.0505. The van der Waals surface area contributed by atoms with Gasteiger partial charge >= 0.3 is 0 Å². The van der Waals surface area contributed by atoms with Gasteiger partial charge in [0.1, 0.15) is 17.5 Å². The van der Waals surface area contributed by atoms with Crippen LogP contribution in [-0.4, -0.2) is 53.4 Å². The van der Waals surface area contributed by atoms with Gasteiger partial charge < -0.3 is 4.57 Å². The van der Waals surface area contributed by atoms with E-state index in [1.807, 2.05) is 0 Å². The summed E-state index contributed by atoms with van der Waals surface area (Å²) in [6.45, 7) is 3.32. The largest absolute Gasteiger partial charge is 0.337 e. The predicted octanol–water partition coefficient (Wildman–Crippen LogP) is 3.10. The van der Waals surface area contributed by atoms with Crippen LogP contribution in [0, 0.1) is 18.6 Å². The number of hydrogen-bond acceptors (Lipinski definition) is 4. The number of rotatable bonds is 5. The van der Waals surface area contributed by atoms with Crippen molar-refractivity contribution < 1.29 is 17.2 Å². The van der Waals surface area contributed by atoms with Crippen molar-refractivity contribution in [2.75, 3.05) is 26.2 Å². The van der Waals surface area contributed by atoms with E-state index in [0.717, 1.165) is 11.1 Å². The van der Waals surface area contributed by atoms with Crippen molar-refractivity contribution in [2.45, 2.75) is 18.0 Å². The van der Waals surface area contributed by atoms with E-state index < -0.39 is 10.0 Å². The minimum atomic E-state index is -3.68. The maximum Gasteiger partial charge on any atom is 0.262 e. The Labute approximate surface area is 180 Å². The average Bonchev–Trinajstić information content (AvgIpc) is 3.11. The van der Waals surface area contributed by atoms with E-state index in [-0.39, 0.29) is 22.7 Å². The molecule has 0 spiro atoms. The Balaban J connectivity index is 1.57. The highest BCUT2D eigenvalue weighted by Crippen LogP contribution is 2.31. The van der Waals surface area contributed by atoms with Gasteiger partial charge in [-0.1, -0.05) is 24.3 Å². The van der Waals surface area contributed by atoms with Crippen LogP contribution in [0.5, 0.6) is 0 Å². The average molecular weight is 447 g/mol. The van der Waals surface area contributed by atoms with Crippen LogP contribution in [0.4, 0.5) is 8.78 Å². The van der Waals surface area contributed by atoms with Crippen molar-refractivity contribution in [3.8, 4) is 0 Å². The Morgan fingerprint density at radius 2 is 1.35 bits per heavy atom. The first-order valence-corrected chi connectivity index (χ1v) is 11.4. The van der Waals surface area contributed by atoms with Gasteiger partial charge in [0.15, 0.2) is 5.03 Å². The summed E-state index contributed by atoms with van der Waals surface area (Å²) in [6, 6.07) is 12.2. The van der Waals surface area contributed by atoms with E-state index in [1.54, 1.807) is 42.8 Å². The second-order valence-electron chi connectivity index (χ2n) is 7.68. The third kappa shape index (κ3) is 4.39. The molecule has 0 unspecified atom stereocenters. The molecule has 1 aliphatic heterocycles. The highest BCUT2D eigenvalue weighted by atomic mass is 32.2. The van der Waals surface area contributed by atoms with E-state index in [0.29, 0.717) is 32.0 Å². The molecule has 0 amide bonds. The van der Waals surface area contributed by atoms with Crippen molar-refractivity contribution in [3.05, 3.63) is 83.3 Å². The molecule has 1 saturated heterocycles. The summed E-state index contributed by atoms with van der Waals surface area (Å²) < 4.78 is 56.1. The molecule has 0 N–H and O–H groups in total. The minimum Gasteiger partial charge on any atom is -0.337 e. The highest BCUT2D eigenvalue weighted by Gasteiger charge is 2.33. The Hall–Kier alpha value is -2.62. The SMILES string of the molecule is Cc1nc(S(=O)(=O)N2CCN(C(c3ccc(F)cc3)c3ccc(F)cc3)CC2)cn1C. The van der Waals surface area contributed by atoms with E-state index in [2.05, 4.69) is 9.88 Å². The molecule has 9 heteroatoms. The molecule has 31 heavy (non-hydrogen) atoms. The fourth-order valence-electron chi connectivity index (χ4n) is 3.89. The van der Waals surface area contributed by atoms with E-state index in [9.17, 15) is 17.2 Å². The van der Waals surface area contributed by atoms with Crippen LogP contribution in [0.25, 0.3) is 0 Å². The zero-order valence-electron chi connectivity index (χ0n) is 17.4. The van der Waals surface area contributed by atoms with Crippen LogP contribution in [-0.2, 0) is 17.1 Å². The molecule has 164 valence electrons. The molecule has 4 rings (SSSR count). The fraction of sp³-hybridized carbons (Fsp3) is 0.318. The fourth-order valence-corrected chi connectivity index (χ4v) is 5.34. The number of nitrogens with zero attached hydrogens (tertiary/aromatic N) is 4. The number of aromatic nitrogens is 2. The van der Waals surface area contributed by atoms with E-state index in [1.165, 1.54) is 34.8 Å². The van der Waals surface area contributed by atoms with Crippen LogP contribution < -0.4 is 0 Å². The first-order chi connectivity index (χ1) is 14.8. The monoisotopic (exact) mass is 446 g/mol. The number of piperazine rings is 1. The third-order valence-electron chi connectivity index (χ3n) is 5.70. The Morgan fingerprint density at radius 3 is 1.77 bits per heavy atom. The zero-order valence-corrected chi connectivity index (χ0v) is 18.2. The van der Waals surface area contributed by atoms with Crippen molar-refractivity contribution in [2.24, 2.45) is 7.05 Å². The van der Waals surface area contributed by atoms with Gasteiger partial charge in [0, 0.05) is 39.4 Å². The number of imidazole rings is 1. The topological polar surface area (TPSA) is 58.4 Å². The molecule has 0 aliphatic carbocycles. The van der Waals surface area contributed by atoms with Crippen LogP contribution in [0.3, 0.4) is 0 Å². The van der Waals surface area contributed by atoms with Crippen LogP contribution in [0.2, 0.25) is 0 Å². The van der Waals surface area contributed by atoms with Gasteiger partial charge in [0.05, 0.1) is 6.04 Å². The Kier molecular flexibility index (Phi) is 5.92. The first kappa shape index (κ1) is 21.6. The van der Waals surface area contributed by atoms with Crippen LogP contribution in [0.15, 0.2) is 59.8 Å². The summed E-state index contributed by atoms with van der Waals surface area (Å²) >= 11 is 0. The predicted molar refractivity (Wildman–Crippen MR) is 113 cm³/mol. The second-order valence-corrected chi connectivity index (χ2v) is 9.57. The van der Waals surface area contributed by atoms with E-state index >= 15 is 0 Å². The van der Waals surface area contributed by atoms with E-state index in [4.69, 9.17) is 0 Å². The molecular weight excluding hydrogens is 422 g/mol. The Bertz CT molecular complexity index is 1090. The standard InChI is InChI=1S/C22H24F2N4O2S/c1-16-25-21(15-26(16)2)31(29,30)28-13-11-27(12-14-28)22(17-3-7-19(23)8-4-17)18-5-9-20(24)10-6-18/h3-10,15,22H,11-14H2,1-2H3. The third-order valence-corrected chi connectivity index (χ3v) is 7.47. The molecule has 0 atom stereocenters. The lowest BCUT2D eigenvalue weighted by atomic mass is 9.96. The summed E-state index contributed by atoms with van der Waals surface area (Å²) in [7, 11) is -1.92. The molecule has 0 radical (unpaired) electrons. The normalized spacial score (nSPS) is 16.2. The van der Waals surface area contributed by atoms with Crippen molar-refractivity contribution in [1.29, 1.82) is 0 Å². The molecule has 6 nitrogen and oxygen atoms in total. The molecule has 2 aromatic carbocycles. The second kappa shape index (κ2) is 8.49. The lowest BCUT2D eigenvalue weighted by Gasteiger charge is -2.39. The molecule has 3 aromatic rings. The molecule has 0 saturated carbocycles. The van der Waals surface area contributed by atoms with Crippen LogP contribution >= 0.6 is 0 Å². The van der Waals surface area contributed by atoms with Gasteiger partial charge in [-0.05, 0) is 42.3 Å². The maximum atomic E-state index is 13.5. The number of sulfonamides is 1. The summed E-state index contributed by atoms with van der Waals surface area (Å²) in [5.74, 6) is -0.0313. The van der Waals surface area contributed by atoms with Crippen molar-refractivity contribution in [3.63, 3.8) is 0 Å².